The lowest BCUT2D eigenvalue weighted by Gasteiger charge is -2.35. The first-order valence-electron chi connectivity index (χ1n) is 11.9. The number of morpholine rings is 1. The molecule has 0 aromatic heterocycles. The molecule has 4 amide bonds. The Kier molecular flexibility index (Phi) is 7.45. The van der Waals surface area contributed by atoms with Crippen molar-refractivity contribution in [2.75, 3.05) is 65.6 Å². The number of carbonyl (C=O) groups excluding carboxylic acids is 3. The molecule has 0 aromatic rings. The molecule has 2 bridgehead atoms. The van der Waals surface area contributed by atoms with Crippen LogP contribution < -0.4 is 10.6 Å². The van der Waals surface area contributed by atoms with Crippen molar-refractivity contribution in [1.29, 1.82) is 0 Å². The summed E-state index contributed by atoms with van der Waals surface area (Å²) in [6, 6.07) is -0.273. The third-order valence-corrected chi connectivity index (χ3v) is 7.60. The normalized spacial score (nSPS) is 30.2. The fourth-order valence-electron chi connectivity index (χ4n) is 5.84. The highest BCUT2D eigenvalue weighted by Gasteiger charge is 2.42. The Morgan fingerprint density at radius 2 is 1.61 bits per heavy atom. The van der Waals surface area contributed by atoms with Crippen LogP contribution in [0.1, 0.15) is 32.6 Å². The molecule has 0 aromatic carbocycles. The van der Waals surface area contributed by atoms with Crippen LogP contribution in [0.4, 0.5) is 4.79 Å². The average molecular weight is 436 g/mol. The van der Waals surface area contributed by atoms with Crippen molar-refractivity contribution >= 4 is 17.8 Å². The third kappa shape index (κ3) is 5.96. The van der Waals surface area contributed by atoms with Gasteiger partial charge in [-0.15, -0.1) is 0 Å². The number of fused-ring (bicyclic) bond motifs is 2. The van der Waals surface area contributed by atoms with E-state index in [-0.39, 0.29) is 30.4 Å². The van der Waals surface area contributed by atoms with Crippen LogP contribution in [0.5, 0.6) is 0 Å². The highest BCUT2D eigenvalue weighted by molar-refractivity contribution is 5.95. The Balaban J connectivity index is 1.11. The molecule has 9 heteroatoms. The van der Waals surface area contributed by atoms with E-state index < -0.39 is 0 Å². The zero-order chi connectivity index (χ0) is 21.8. The molecule has 2 aliphatic carbocycles. The molecule has 174 valence electrons. The molecule has 4 aliphatic rings. The SMILES string of the molecule is CC(NC(=O)NC(=O)CN1CCN(CC(=O)N2CCOCC2)CC1)C1CC2CCC1C2. The van der Waals surface area contributed by atoms with Crippen LogP contribution in [-0.2, 0) is 14.3 Å². The van der Waals surface area contributed by atoms with Gasteiger partial charge < -0.3 is 15.0 Å². The second-order valence-electron chi connectivity index (χ2n) is 9.69. The summed E-state index contributed by atoms with van der Waals surface area (Å²) >= 11 is 0. The predicted molar refractivity (Wildman–Crippen MR) is 115 cm³/mol. The Morgan fingerprint density at radius 1 is 0.935 bits per heavy atom. The van der Waals surface area contributed by atoms with Gasteiger partial charge in [-0.05, 0) is 43.9 Å². The van der Waals surface area contributed by atoms with Crippen LogP contribution in [0, 0.1) is 17.8 Å². The second-order valence-corrected chi connectivity index (χ2v) is 9.69. The van der Waals surface area contributed by atoms with Gasteiger partial charge in [-0.25, -0.2) is 4.79 Å². The van der Waals surface area contributed by atoms with E-state index in [1.807, 2.05) is 9.80 Å². The summed E-state index contributed by atoms with van der Waals surface area (Å²) in [6.45, 7) is 8.18. The number of imide groups is 1. The second kappa shape index (κ2) is 10.3. The minimum Gasteiger partial charge on any atom is -0.378 e. The summed E-state index contributed by atoms with van der Waals surface area (Å²) in [6.07, 6.45) is 5.14. The Labute approximate surface area is 184 Å². The Bertz CT molecular complexity index is 660. The van der Waals surface area contributed by atoms with Gasteiger partial charge in [-0.1, -0.05) is 6.42 Å². The minimum atomic E-state index is -0.380. The van der Waals surface area contributed by atoms with Crippen molar-refractivity contribution in [3.05, 3.63) is 0 Å². The van der Waals surface area contributed by atoms with Crippen LogP contribution in [0.15, 0.2) is 0 Å². The highest BCUT2D eigenvalue weighted by atomic mass is 16.5. The zero-order valence-corrected chi connectivity index (χ0v) is 18.7. The number of carbonyl (C=O) groups is 3. The number of nitrogens with zero attached hydrogens (tertiary/aromatic N) is 3. The standard InChI is InChI=1S/C22H37N5O4/c1-16(19-13-17-2-3-18(19)12-17)23-22(30)24-20(28)14-25-4-6-26(7-5-25)15-21(29)27-8-10-31-11-9-27/h16-19H,2-15H2,1H3,(H2,23,24,28,30). The number of hydrogen-bond donors (Lipinski definition) is 2. The number of ether oxygens (including phenoxy) is 1. The summed E-state index contributed by atoms with van der Waals surface area (Å²) in [5, 5.41) is 5.48. The van der Waals surface area contributed by atoms with Crippen LogP contribution in [0.25, 0.3) is 0 Å². The lowest BCUT2D eigenvalue weighted by Crippen LogP contribution is -2.54. The van der Waals surface area contributed by atoms with E-state index in [1.165, 1.54) is 25.7 Å². The van der Waals surface area contributed by atoms with Gasteiger partial charge >= 0.3 is 6.03 Å². The lowest BCUT2D eigenvalue weighted by molar-refractivity contribution is -0.137. The van der Waals surface area contributed by atoms with Crippen LogP contribution in [0.2, 0.25) is 0 Å². The number of rotatable bonds is 6. The van der Waals surface area contributed by atoms with Gasteiger partial charge in [0.05, 0.1) is 26.3 Å². The van der Waals surface area contributed by atoms with E-state index in [4.69, 9.17) is 4.74 Å². The maximum absolute atomic E-state index is 12.4. The molecule has 4 unspecified atom stereocenters. The van der Waals surface area contributed by atoms with Crippen molar-refractivity contribution in [1.82, 2.24) is 25.3 Å². The van der Waals surface area contributed by atoms with E-state index >= 15 is 0 Å². The molecular weight excluding hydrogens is 398 g/mol. The van der Waals surface area contributed by atoms with Crippen molar-refractivity contribution in [2.24, 2.45) is 17.8 Å². The smallest absolute Gasteiger partial charge is 0.321 e. The molecule has 2 heterocycles. The zero-order valence-electron chi connectivity index (χ0n) is 18.7. The molecule has 0 spiro atoms. The average Bonchev–Trinajstić information content (AvgIpc) is 3.39. The van der Waals surface area contributed by atoms with Gasteiger partial charge in [0.15, 0.2) is 0 Å². The maximum atomic E-state index is 12.4. The van der Waals surface area contributed by atoms with Crippen molar-refractivity contribution < 1.29 is 19.1 Å². The van der Waals surface area contributed by atoms with Gasteiger partial charge in [-0.3, -0.25) is 24.7 Å². The molecule has 4 fully saturated rings. The van der Waals surface area contributed by atoms with E-state index in [0.29, 0.717) is 51.9 Å². The van der Waals surface area contributed by atoms with Gasteiger partial charge in [0.2, 0.25) is 11.8 Å². The van der Waals surface area contributed by atoms with Gasteiger partial charge in [-0.2, -0.15) is 0 Å². The molecular formula is C22H37N5O4. The summed E-state index contributed by atoms with van der Waals surface area (Å²) in [7, 11) is 0. The van der Waals surface area contributed by atoms with Gasteiger partial charge in [0, 0.05) is 45.3 Å². The van der Waals surface area contributed by atoms with Gasteiger partial charge in [0.25, 0.3) is 0 Å². The van der Waals surface area contributed by atoms with E-state index in [9.17, 15) is 14.4 Å². The molecule has 9 nitrogen and oxygen atoms in total. The topological polar surface area (TPSA) is 94.2 Å². The van der Waals surface area contributed by atoms with Crippen molar-refractivity contribution in [3.8, 4) is 0 Å². The number of amides is 4. The first-order chi connectivity index (χ1) is 15.0. The fraction of sp³-hybridized carbons (Fsp3) is 0.864. The van der Waals surface area contributed by atoms with Crippen molar-refractivity contribution in [2.45, 2.75) is 38.6 Å². The molecule has 31 heavy (non-hydrogen) atoms. The molecule has 4 atom stereocenters. The number of piperazine rings is 1. The van der Waals surface area contributed by atoms with Crippen LogP contribution >= 0.6 is 0 Å². The molecule has 2 saturated carbocycles. The summed E-state index contributed by atoms with van der Waals surface area (Å²) < 4.78 is 5.30. The van der Waals surface area contributed by atoms with E-state index in [2.05, 4.69) is 22.5 Å². The number of hydrogen-bond acceptors (Lipinski definition) is 6. The Hall–Kier alpha value is -1.71. The Morgan fingerprint density at radius 3 is 2.23 bits per heavy atom. The molecule has 0 radical (unpaired) electrons. The first-order valence-corrected chi connectivity index (χ1v) is 11.9. The van der Waals surface area contributed by atoms with Crippen molar-refractivity contribution in [3.63, 3.8) is 0 Å². The largest absolute Gasteiger partial charge is 0.378 e. The summed E-state index contributed by atoms with van der Waals surface area (Å²) in [5.41, 5.74) is 0. The van der Waals surface area contributed by atoms with Gasteiger partial charge in [0.1, 0.15) is 0 Å². The van der Waals surface area contributed by atoms with Crippen LogP contribution in [0.3, 0.4) is 0 Å². The lowest BCUT2D eigenvalue weighted by atomic mass is 9.84. The van der Waals surface area contributed by atoms with Crippen LogP contribution in [-0.4, -0.2) is 104 Å². The monoisotopic (exact) mass is 435 g/mol. The molecule has 2 aliphatic heterocycles. The van der Waals surface area contributed by atoms with E-state index in [1.54, 1.807) is 0 Å². The molecule has 2 saturated heterocycles. The third-order valence-electron chi connectivity index (χ3n) is 7.60. The minimum absolute atomic E-state index is 0.107. The fourth-order valence-corrected chi connectivity index (χ4v) is 5.84. The van der Waals surface area contributed by atoms with E-state index in [0.717, 1.165) is 24.9 Å². The number of nitrogens with one attached hydrogen (secondary N) is 2. The number of urea groups is 1. The maximum Gasteiger partial charge on any atom is 0.321 e. The predicted octanol–water partition coefficient (Wildman–Crippen LogP) is 0.113. The quantitative estimate of drug-likeness (QED) is 0.615. The highest BCUT2D eigenvalue weighted by Crippen LogP contribution is 2.49. The molecule has 2 N–H and O–H groups in total. The summed E-state index contributed by atoms with van der Waals surface area (Å²) in [5.74, 6) is 2.01. The first kappa shape index (κ1) is 22.5. The molecule has 4 rings (SSSR count). The summed E-state index contributed by atoms with van der Waals surface area (Å²) in [4.78, 5) is 43.0.